The summed E-state index contributed by atoms with van der Waals surface area (Å²) in [5, 5.41) is 0.805. The van der Waals surface area contributed by atoms with Gasteiger partial charge in [0.05, 0.1) is 12.7 Å². The van der Waals surface area contributed by atoms with Crippen LogP contribution in [0.3, 0.4) is 0 Å². The van der Waals surface area contributed by atoms with Crippen LogP contribution in [0, 0.1) is 6.92 Å². The molecule has 1 aliphatic carbocycles. The second-order valence-corrected chi connectivity index (χ2v) is 7.35. The van der Waals surface area contributed by atoms with Crippen molar-refractivity contribution in [3.63, 3.8) is 0 Å². The summed E-state index contributed by atoms with van der Waals surface area (Å²) in [4.78, 5) is 30.4. The summed E-state index contributed by atoms with van der Waals surface area (Å²) in [6.45, 7) is 2.07. The van der Waals surface area contributed by atoms with E-state index in [1.165, 1.54) is 0 Å². The Kier molecular flexibility index (Phi) is 5.25. The van der Waals surface area contributed by atoms with E-state index in [0.717, 1.165) is 40.8 Å². The summed E-state index contributed by atoms with van der Waals surface area (Å²) in [6.07, 6.45) is 1.97. The van der Waals surface area contributed by atoms with Gasteiger partial charge in [-0.25, -0.2) is 4.79 Å². The molecule has 1 aromatic heterocycles. The Morgan fingerprint density at radius 3 is 2.52 bits per heavy atom. The first kappa shape index (κ1) is 19.1. The molecule has 29 heavy (non-hydrogen) atoms. The quantitative estimate of drug-likeness (QED) is 0.620. The van der Waals surface area contributed by atoms with Crippen LogP contribution in [-0.4, -0.2) is 41.5 Å². The largest absolute Gasteiger partial charge is 0.497 e. The molecule has 4 rings (SSSR count). The number of aromatic amines is 1. The third-order valence-electron chi connectivity index (χ3n) is 5.24. The van der Waals surface area contributed by atoms with Crippen molar-refractivity contribution in [2.75, 3.05) is 13.7 Å². The van der Waals surface area contributed by atoms with E-state index in [2.05, 4.69) is 4.98 Å². The van der Waals surface area contributed by atoms with E-state index in [1.54, 1.807) is 12.0 Å². The molecule has 0 unspecified atom stereocenters. The van der Waals surface area contributed by atoms with Gasteiger partial charge >= 0.3 is 5.97 Å². The molecule has 0 aliphatic heterocycles. The number of fused-ring (bicyclic) bond motifs is 1. The Hall–Kier alpha value is -3.28. The summed E-state index contributed by atoms with van der Waals surface area (Å²) in [7, 11) is 1.62. The molecule has 0 spiro atoms. The van der Waals surface area contributed by atoms with E-state index in [1.807, 2.05) is 55.5 Å². The fourth-order valence-electron chi connectivity index (χ4n) is 3.56. The number of nitrogens with one attached hydrogen (secondary N) is 1. The lowest BCUT2D eigenvalue weighted by atomic mass is 10.1. The number of para-hydroxylation sites is 1. The Morgan fingerprint density at radius 1 is 1.10 bits per heavy atom. The van der Waals surface area contributed by atoms with Gasteiger partial charge in [-0.15, -0.1) is 0 Å². The van der Waals surface area contributed by atoms with Gasteiger partial charge in [0.1, 0.15) is 5.75 Å². The van der Waals surface area contributed by atoms with Crippen molar-refractivity contribution < 1.29 is 19.1 Å². The number of H-pyrrole nitrogens is 1. The van der Waals surface area contributed by atoms with Crippen molar-refractivity contribution in [3.8, 4) is 5.75 Å². The number of hydrogen-bond donors (Lipinski definition) is 1. The van der Waals surface area contributed by atoms with Gasteiger partial charge in [-0.1, -0.05) is 30.3 Å². The van der Waals surface area contributed by atoms with Gasteiger partial charge in [0.2, 0.25) is 0 Å². The Bertz CT molecular complexity index is 1030. The van der Waals surface area contributed by atoms with Gasteiger partial charge in [-0.05, 0) is 43.5 Å². The first-order valence-corrected chi connectivity index (χ1v) is 9.73. The van der Waals surface area contributed by atoms with Crippen molar-refractivity contribution in [2.24, 2.45) is 0 Å². The van der Waals surface area contributed by atoms with Gasteiger partial charge < -0.3 is 19.4 Å². The van der Waals surface area contributed by atoms with E-state index >= 15 is 0 Å². The van der Waals surface area contributed by atoms with Crippen LogP contribution in [0.25, 0.3) is 10.9 Å². The molecule has 2 aromatic carbocycles. The summed E-state index contributed by atoms with van der Waals surface area (Å²) in [6, 6.07) is 15.4. The third-order valence-corrected chi connectivity index (χ3v) is 5.24. The molecule has 0 bridgehead atoms. The number of amides is 1. The molecule has 1 N–H and O–H groups in total. The smallest absolute Gasteiger partial charge is 0.341 e. The number of carbonyl (C=O) groups is 2. The zero-order valence-electron chi connectivity index (χ0n) is 16.6. The topological polar surface area (TPSA) is 71.6 Å². The van der Waals surface area contributed by atoms with Crippen molar-refractivity contribution >= 4 is 22.8 Å². The van der Waals surface area contributed by atoms with Crippen molar-refractivity contribution in [2.45, 2.75) is 32.4 Å². The normalized spacial score (nSPS) is 13.3. The minimum atomic E-state index is -0.478. The molecule has 3 aromatic rings. The predicted molar refractivity (Wildman–Crippen MR) is 110 cm³/mol. The zero-order chi connectivity index (χ0) is 20.4. The number of nitrogens with zero attached hydrogens (tertiary/aromatic N) is 1. The second-order valence-electron chi connectivity index (χ2n) is 7.35. The number of aryl methyl sites for hydroxylation is 1. The molecule has 1 heterocycles. The Morgan fingerprint density at radius 2 is 1.83 bits per heavy atom. The van der Waals surface area contributed by atoms with Gasteiger partial charge in [0.25, 0.3) is 5.91 Å². The maximum Gasteiger partial charge on any atom is 0.341 e. The number of esters is 1. The van der Waals surface area contributed by atoms with Crippen LogP contribution in [0.1, 0.15) is 34.5 Å². The Labute approximate surface area is 169 Å². The monoisotopic (exact) mass is 392 g/mol. The van der Waals surface area contributed by atoms with Gasteiger partial charge in [-0.2, -0.15) is 0 Å². The van der Waals surface area contributed by atoms with E-state index in [9.17, 15) is 9.59 Å². The van der Waals surface area contributed by atoms with Crippen LogP contribution < -0.4 is 4.74 Å². The molecular formula is C23H24N2O4. The van der Waals surface area contributed by atoms with Crippen LogP contribution in [0.15, 0.2) is 48.5 Å². The second kappa shape index (κ2) is 7.99. The summed E-state index contributed by atoms with van der Waals surface area (Å²) < 4.78 is 10.6. The van der Waals surface area contributed by atoms with Crippen LogP contribution in [0.5, 0.6) is 5.75 Å². The molecule has 0 atom stereocenters. The summed E-state index contributed by atoms with van der Waals surface area (Å²) in [5.41, 5.74) is 3.12. The standard InChI is InChI=1S/C23H24N2O4/c1-15-22(19-5-3-4-6-20(19)24-15)23(27)29-14-21(26)25(17-9-10-17)13-16-7-11-18(28-2)12-8-16/h3-8,11-12,17,24H,9-10,13-14H2,1-2H3. The zero-order valence-corrected chi connectivity index (χ0v) is 16.6. The average Bonchev–Trinajstić information content (AvgIpc) is 3.51. The number of hydrogen-bond acceptors (Lipinski definition) is 4. The summed E-state index contributed by atoms with van der Waals surface area (Å²) in [5.74, 6) is 0.128. The van der Waals surface area contributed by atoms with Crippen molar-refractivity contribution in [3.05, 3.63) is 65.4 Å². The predicted octanol–water partition coefficient (Wildman–Crippen LogP) is 3.83. The first-order valence-electron chi connectivity index (χ1n) is 9.73. The van der Waals surface area contributed by atoms with E-state index in [-0.39, 0.29) is 18.6 Å². The third kappa shape index (κ3) is 4.11. The maximum absolute atomic E-state index is 12.8. The first-order chi connectivity index (χ1) is 14.1. The molecule has 150 valence electrons. The lowest BCUT2D eigenvalue weighted by Gasteiger charge is -2.22. The summed E-state index contributed by atoms with van der Waals surface area (Å²) >= 11 is 0. The van der Waals surface area contributed by atoms with Gasteiger partial charge in [0, 0.05) is 29.2 Å². The lowest BCUT2D eigenvalue weighted by molar-refractivity contribution is -0.135. The molecule has 1 fully saturated rings. The van der Waals surface area contributed by atoms with Crippen molar-refractivity contribution in [1.29, 1.82) is 0 Å². The molecule has 1 aliphatic rings. The highest BCUT2D eigenvalue weighted by Crippen LogP contribution is 2.29. The molecular weight excluding hydrogens is 368 g/mol. The minimum Gasteiger partial charge on any atom is -0.497 e. The van der Waals surface area contributed by atoms with E-state index in [0.29, 0.717) is 12.1 Å². The molecule has 1 amide bonds. The SMILES string of the molecule is COc1ccc(CN(C(=O)COC(=O)c2c(C)[nH]c3ccccc23)C2CC2)cc1. The average molecular weight is 392 g/mol. The highest BCUT2D eigenvalue weighted by molar-refractivity contribution is 6.06. The molecule has 0 radical (unpaired) electrons. The van der Waals surface area contributed by atoms with Crippen molar-refractivity contribution in [1.82, 2.24) is 9.88 Å². The van der Waals surface area contributed by atoms with E-state index in [4.69, 9.17) is 9.47 Å². The van der Waals surface area contributed by atoms with Crippen LogP contribution in [0.4, 0.5) is 0 Å². The highest BCUT2D eigenvalue weighted by Gasteiger charge is 2.33. The molecule has 1 saturated carbocycles. The highest BCUT2D eigenvalue weighted by atomic mass is 16.5. The fourth-order valence-corrected chi connectivity index (χ4v) is 3.56. The Balaban J connectivity index is 1.42. The molecule has 6 nitrogen and oxygen atoms in total. The lowest BCUT2D eigenvalue weighted by Crippen LogP contribution is -2.36. The number of benzene rings is 2. The molecule has 0 saturated heterocycles. The van der Waals surface area contributed by atoms with Crippen LogP contribution in [-0.2, 0) is 16.1 Å². The number of aromatic nitrogens is 1. The number of methoxy groups -OCH3 is 1. The maximum atomic E-state index is 12.8. The van der Waals surface area contributed by atoms with Crippen LogP contribution in [0.2, 0.25) is 0 Å². The number of ether oxygens (including phenoxy) is 2. The fraction of sp³-hybridized carbons (Fsp3) is 0.304. The van der Waals surface area contributed by atoms with Gasteiger partial charge in [-0.3, -0.25) is 4.79 Å². The molecule has 6 heteroatoms. The van der Waals surface area contributed by atoms with E-state index < -0.39 is 5.97 Å². The minimum absolute atomic E-state index is 0.172. The van der Waals surface area contributed by atoms with Crippen LogP contribution >= 0.6 is 0 Å². The van der Waals surface area contributed by atoms with Gasteiger partial charge in [0.15, 0.2) is 6.61 Å². The number of carbonyl (C=O) groups excluding carboxylic acids is 2. The number of rotatable bonds is 7.